The minimum atomic E-state index is -0.293. The molecule has 0 aliphatic heterocycles. The molecular formula is C16H27NO2. The fraction of sp³-hybridized carbons (Fsp3) is 0.625. The van der Waals surface area contributed by atoms with Crippen molar-refractivity contribution in [3.8, 4) is 5.75 Å². The summed E-state index contributed by atoms with van der Waals surface area (Å²) in [6.07, 6.45) is 0.531. The third-order valence-electron chi connectivity index (χ3n) is 3.26. The minimum absolute atomic E-state index is 0.164. The van der Waals surface area contributed by atoms with E-state index in [1.54, 1.807) is 7.11 Å². The number of nitrogens with one attached hydrogen (secondary N) is 1. The standard InChI is InChI=1S/C16H27NO2/c1-11(2)8-14(18)10-17-13(4)15-7-6-12(3)9-16(15)19-5/h6-7,9,11,13-14,17-18H,8,10H2,1-5H3. The Morgan fingerprint density at radius 2 is 1.95 bits per heavy atom. The van der Waals surface area contributed by atoms with Crippen molar-refractivity contribution in [1.82, 2.24) is 5.32 Å². The van der Waals surface area contributed by atoms with Gasteiger partial charge in [-0.15, -0.1) is 0 Å². The molecule has 2 unspecified atom stereocenters. The Bertz CT molecular complexity index is 390. The monoisotopic (exact) mass is 265 g/mol. The summed E-state index contributed by atoms with van der Waals surface area (Å²) in [6, 6.07) is 6.37. The van der Waals surface area contributed by atoms with Crippen molar-refractivity contribution >= 4 is 0 Å². The van der Waals surface area contributed by atoms with Gasteiger partial charge in [0.05, 0.1) is 13.2 Å². The fourth-order valence-electron chi connectivity index (χ4n) is 2.23. The van der Waals surface area contributed by atoms with Crippen LogP contribution in [0, 0.1) is 12.8 Å². The predicted octanol–water partition coefficient (Wildman–Crippen LogP) is 3.06. The Kier molecular flexibility index (Phi) is 6.32. The van der Waals surface area contributed by atoms with Crippen molar-refractivity contribution in [2.75, 3.05) is 13.7 Å². The van der Waals surface area contributed by atoms with Crippen molar-refractivity contribution in [3.05, 3.63) is 29.3 Å². The number of benzene rings is 1. The number of hydrogen-bond donors (Lipinski definition) is 2. The smallest absolute Gasteiger partial charge is 0.123 e. The summed E-state index contributed by atoms with van der Waals surface area (Å²) in [7, 11) is 1.69. The summed E-state index contributed by atoms with van der Waals surface area (Å²) in [5, 5.41) is 13.3. The van der Waals surface area contributed by atoms with Gasteiger partial charge >= 0.3 is 0 Å². The molecule has 0 spiro atoms. The van der Waals surface area contributed by atoms with E-state index in [2.05, 4.69) is 45.1 Å². The van der Waals surface area contributed by atoms with Gasteiger partial charge in [-0.05, 0) is 37.8 Å². The van der Waals surface area contributed by atoms with Crippen LogP contribution in [0.3, 0.4) is 0 Å². The van der Waals surface area contributed by atoms with Crippen LogP contribution in [-0.4, -0.2) is 24.9 Å². The maximum absolute atomic E-state index is 9.89. The highest BCUT2D eigenvalue weighted by Gasteiger charge is 2.13. The lowest BCUT2D eigenvalue weighted by Gasteiger charge is -2.20. The van der Waals surface area contributed by atoms with Crippen LogP contribution in [0.1, 0.15) is 44.4 Å². The molecule has 108 valence electrons. The van der Waals surface area contributed by atoms with Gasteiger partial charge in [-0.25, -0.2) is 0 Å². The molecule has 0 saturated carbocycles. The Morgan fingerprint density at radius 1 is 1.26 bits per heavy atom. The lowest BCUT2D eigenvalue weighted by molar-refractivity contribution is 0.143. The first-order chi connectivity index (χ1) is 8.93. The summed E-state index contributed by atoms with van der Waals surface area (Å²) >= 11 is 0. The summed E-state index contributed by atoms with van der Waals surface area (Å²) in [5.74, 6) is 1.42. The average molecular weight is 265 g/mol. The molecule has 0 bridgehead atoms. The number of methoxy groups -OCH3 is 1. The normalized spacial score (nSPS) is 14.5. The Balaban J connectivity index is 2.60. The maximum atomic E-state index is 9.89. The summed E-state index contributed by atoms with van der Waals surface area (Å²) < 4.78 is 5.42. The van der Waals surface area contributed by atoms with E-state index in [0.717, 1.165) is 17.7 Å². The second-order valence-electron chi connectivity index (χ2n) is 5.66. The molecule has 0 amide bonds. The van der Waals surface area contributed by atoms with Crippen LogP contribution in [-0.2, 0) is 0 Å². The van der Waals surface area contributed by atoms with Crippen LogP contribution in [0.5, 0.6) is 5.75 Å². The van der Waals surface area contributed by atoms with E-state index < -0.39 is 0 Å². The van der Waals surface area contributed by atoms with Gasteiger partial charge in [-0.1, -0.05) is 26.0 Å². The van der Waals surface area contributed by atoms with Gasteiger partial charge in [0.2, 0.25) is 0 Å². The SMILES string of the molecule is COc1cc(C)ccc1C(C)NCC(O)CC(C)C. The van der Waals surface area contributed by atoms with Gasteiger partial charge in [-0.2, -0.15) is 0 Å². The van der Waals surface area contributed by atoms with Gasteiger partial charge in [0, 0.05) is 18.2 Å². The van der Waals surface area contributed by atoms with Crippen LogP contribution < -0.4 is 10.1 Å². The highest BCUT2D eigenvalue weighted by molar-refractivity contribution is 5.39. The highest BCUT2D eigenvalue weighted by Crippen LogP contribution is 2.26. The van der Waals surface area contributed by atoms with Gasteiger partial charge in [-0.3, -0.25) is 0 Å². The van der Waals surface area contributed by atoms with Crippen LogP contribution >= 0.6 is 0 Å². The van der Waals surface area contributed by atoms with E-state index in [0.29, 0.717) is 12.5 Å². The van der Waals surface area contributed by atoms with Crippen molar-refractivity contribution in [2.24, 2.45) is 5.92 Å². The topological polar surface area (TPSA) is 41.5 Å². The van der Waals surface area contributed by atoms with E-state index >= 15 is 0 Å². The van der Waals surface area contributed by atoms with Crippen LogP contribution in [0.15, 0.2) is 18.2 Å². The molecule has 2 N–H and O–H groups in total. The first-order valence-electron chi connectivity index (χ1n) is 7.00. The van der Waals surface area contributed by atoms with Gasteiger partial charge < -0.3 is 15.2 Å². The van der Waals surface area contributed by atoms with Crippen molar-refractivity contribution in [3.63, 3.8) is 0 Å². The zero-order valence-corrected chi connectivity index (χ0v) is 12.7. The summed E-state index contributed by atoms with van der Waals surface area (Å²) in [4.78, 5) is 0. The summed E-state index contributed by atoms with van der Waals surface area (Å²) in [5.41, 5.74) is 2.32. The lowest BCUT2D eigenvalue weighted by Crippen LogP contribution is -2.30. The van der Waals surface area contributed by atoms with E-state index in [9.17, 15) is 5.11 Å². The van der Waals surface area contributed by atoms with E-state index in [4.69, 9.17) is 4.74 Å². The molecule has 19 heavy (non-hydrogen) atoms. The van der Waals surface area contributed by atoms with Gasteiger partial charge in [0.15, 0.2) is 0 Å². The second kappa shape index (κ2) is 7.51. The van der Waals surface area contributed by atoms with E-state index in [-0.39, 0.29) is 12.1 Å². The molecule has 0 aliphatic carbocycles. The third-order valence-corrected chi connectivity index (χ3v) is 3.26. The third kappa shape index (κ3) is 5.21. The number of rotatable bonds is 7. The predicted molar refractivity (Wildman–Crippen MR) is 79.6 cm³/mol. The molecule has 3 heteroatoms. The van der Waals surface area contributed by atoms with E-state index in [1.165, 1.54) is 5.56 Å². The minimum Gasteiger partial charge on any atom is -0.496 e. The first kappa shape index (κ1) is 16.0. The van der Waals surface area contributed by atoms with Crippen molar-refractivity contribution in [2.45, 2.75) is 46.3 Å². The quantitative estimate of drug-likeness (QED) is 0.796. The molecule has 0 radical (unpaired) electrons. The molecule has 0 aromatic heterocycles. The number of aliphatic hydroxyl groups is 1. The molecule has 2 atom stereocenters. The molecule has 0 aliphatic rings. The van der Waals surface area contributed by atoms with Crippen LogP contribution in [0.25, 0.3) is 0 Å². The van der Waals surface area contributed by atoms with E-state index in [1.807, 2.05) is 6.07 Å². The second-order valence-corrected chi connectivity index (χ2v) is 5.66. The molecule has 1 rings (SSSR count). The first-order valence-corrected chi connectivity index (χ1v) is 7.00. The maximum Gasteiger partial charge on any atom is 0.123 e. The Hall–Kier alpha value is -1.06. The van der Waals surface area contributed by atoms with Crippen molar-refractivity contribution < 1.29 is 9.84 Å². The number of hydrogen-bond acceptors (Lipinski definition) is 3. The zero-order valence-electron chi connectivity index (χ0n) is 12.7. The number of aliphatic hydroxyl groups excluding tert-OH is 1. The molecule has 0 heterocycles. The fourth-order valence-corrected chi connectivity index (χ4v) is 2.23. The Morgan fingerprint density at radius 3 is 2.53 bits per heavy atom. The lowest BCUT2D eigenvalue weighted by atomic mass is 10.0. The molecule has 0 fully saturated rings. The van der Waals surface area contributed by atoms with Gasteiger partial charge in [0.1, 0.15) is 5.75 Å². The van der Waals surface area contributed by atoms with Crippen LogP contribution in [0.4, 0.5) is 0 Å². The highest BCUT2D eigenvalue weighted by atomic mass is 16.5. The zero-order chi connectivity index (χ0) is 14.4. The molecular weight excluding hydrogens is 238 g/mol. The average Bonchev–Trinajstić information content (AvgIpc) is 2.34. The number of ether oxygens (including phenoxy) is 1. The molecule has 3 nitrogen and oxygen atoms in total. The molecule has 1 aromatic carbocycles. The van der Waals surface area contributed by atoms with Gasteiger partial charge in [0.25, 0.3) is 0 Å². The Labute approximate surface area is 117 Å². The molecule has 0 saturated heterocycles. The van der Waals surface area contributed by atoms with Crippen LogP contribution in [0.2, 0.25) is 0 Å². The van der Waals surface area contributed by atoms with Crippen molar-refractivity contribution in [1.29, 1.82) is 0 Å². The molecule has 1 aromatic rings. The number of aryl methyl sites for hydroxylation is 1. The largest absolute Gasteiger partial charge is 0.496 e. The summed E-state index contributed by atoms with van der Waals surface area (Å²) in [6.45, 7) is 8.99.